The van der Waals surface area contributed by atoms with Crippen molar-refractivity contribution in [2.75, 3.05) is 11.9 Å². The van der Waals surface area contributed by atoms with Crippen LogP contribution in [0.1, 0.15) is 20.7 Å². The van der Waals surface area contributed by atoms with E-state index in [4.69, 9.17) is 5.11 Å². The number of carboxylic acids is 1. The van der Waals surface area contributed by atoms with Gasteiger partial charge >= 0.3 is 5.97 Å². The fraction of sp³-hybridized carbons (Fsp3) is 0.0625. The SMILES string of the molecule is O=C(O)CNC(=O)c1ccc(NC(=O)c2ccc(Br)cc2)cc1. The highest BCUT2D eigenvalue weighted by Gasteiger charge is 2.09. The van der Waals surface area contributed by atoms with Crippen LogP contribution in [0, 0.1) is 0 Å². The van der Waals surface area contributed by atoms with Crippen molar-refractivity contribution in [1.82, 2.24) is 5.32 Å². The van der Waals surface area contributed by atoms with Crippen molar-refractivity contribution in [3.8, 4) is 0 Å². The van der Waals surface area contributed by atoms with E-state index in [9.17, 15) is 14.4 Å². The van der Waals surface area contributed by atoms with Crippen LogP contribution in [0.15, 0.2) is 53.0 Å². The zero-order chi connectivity index (χ0) is 16.8. The minimum atomic E-state index is -1.11. The number of carbonyl (C=O) groups is 3. The normalized spacial score (nSPS) is 9.96. The van der Waals surface area contributed by atoms with Gasteiger partial charge in [-0.3, -0.25) is 14.4 Å². The predicted molar refractivity (Wildman–Crippen MR) is 88.5 cm³/mol. The summed E-state index contributed by atoms with van der Waals surface area (Å²) < 4.78 is 0.880. The van der Waals surface area contributed by atoms with Gasteiger partial charge in [-0.15, -0.1) is 0 Å². The fourth-order valence-corrected chi connectivity index (χ4v) is 2.03. The third-order valence-electron chi connectivity index (χ3n) is 2.91. The number of aliphatic carboxylic acids is 1. The molecule has 0 aliphatic rings. The molecule has 0 fully saturated rings. The summed E-state index contributed by atoms with van der Waals surface area (Å²) in [4.78, 5) is 34.1. The molecule has 7 heteroatoms. The van der Waals surface area contributed by atoms with Gasteiger partial charge in [0.25, 0.3) is 11.8 Å². The molecule has 0 bridgehead atoms. The summed E-state index contributed by atoms with van der Waals surface area (Å²) in [6.07, 6.45) is 0. The number of carbonyl (C=O) groups excluding carboxylic acids is 2. The second-order valence-electron chi connectivity index (χ2n) is 4.61. The van der Waals surface area contributed by atoms with Gasteiger partial charge in [-0.25, -0.2) is 0 Å². The molecule has 0 unspecified atom stereocenters. The van der Waals surface area contributed by atoms with Gasteiger partial charge in [0, 0.05) is 21.3 Å². The van der Waals surface area contributed by atoms with Gasteiger partial charge in [0.05, 0.1) is 0 Å². The molecule has 23 heavy (non-hydrogen) atoms. The molecule has 2 amide bonds. The number of hydrogen-bond acceptors (Lipinski definition) is 3. The van der Waals surface area contributed by atoms with E-state index < -0.39 is 18.4 Å². The number of amides is 2. The number of nitrogens with one attached hydrogen (secondary N) is 2. The molecular weight excluding hydrogens is 364 g/mol. The number of rotatable bonds is 5. The number of carboxylic acid groups (broad SMARTS) is 1. The summed E-state index contributed by atoms with van der Waals surface area (Å²) in [5, 5.41) is 13.5. The van der Waals surface area contributed by atoms with Gasteiger partial charge in [0.2, 0.25) is 0 Å². The topological polar surface area (TPSA) is 95.5 Å². The first-order chi connectivity index (χ1) is 11.0. The molecule has 0 radical (unpaired) electrons. The maximum absolute atomic E-state index is 12.1. The van der Waals surface area contributed by atoms with Crippen molar-refractivity contribution in [3.63, 3.8) is 0 Å². The lowest BCUT2D eigenvalue weighted by molar-refractivity contribution is -0.135. The molecule has 3 N–H and O–H groups in total. The van der Waals surface area contributed by atoms with Crippen LogP contribution in [0.2, 0.25) is 0 Å². The van der Waals surface area contributed by atoms with E-state index >= 15 is 0 Å². The smallest absolute Gasteiger partial charge is 0.322 e. The Morgan fingerprint density at radius 1 is 0.870 bits per heavy atom. The Kier molecular flexibility index (Phi) is 5.48. The Morgan fingerprint density at radius 2 is 1.39 bits per heavy atom. The zero-order valence-electron chi connectivity index (χ0n) is 11.9. The number of benzene rings is 2. The number of halogens is 1. The second-order valence-corrected chi connectivity index (χ2v) is 5.53. The van der Waals surface area contributed by atoms with Crippen LogP contribution in [-0.4, -0.2) is 29.4 Å². The van der Waals surface area contributed by atoms with Crippen LogP contribution in [0.25, 0.3) is 0 Å². The van der Waals surface area contributed by atoms with Gasteiger partial charge in [0.1, 0.15) is 6.54 Å². The van der Waals surface area contributed by atoms with Crippen molar-refractivity contribution in [1.29, 1.82) is 0 Å². The molecule has 0 spiro atoms. The molecule has 0 heterocycles. The molecule has 2 rings (SSSR count). The van der Waals surface area contributed by atoms with Crippen molar-refractivity contribution < 1.29 is 19.5 Å². The Hall–Kier alpha value is -2.67. The molecule has 2 aromatic rings. The van der Waals surface area contributed by atoms with Crippen LogP contribution in [-0.2, 0) is 4.79 Å². The lowest BCUT2D eigenvalue weighted by atomic mass is 10.1. The van der Waals surface area contributed by atoms with E-state index in [0.29, 0.717) is 16.8 Å². The van der Waals surface area contributed by atoms with Crippen molar-refractivity contribution in [2.45, 2.75) is 0 Å². The Morgan fingerprint density at radius 3 is 1.96 bits per heavy atom. The molecule has 0 saturated heterocycles. The lowest BCUT2D eigenvalue weighted by Crippen LogP contribution is -2.29. The summed E-state index contributed by atoms with van der Waals surface area (Å²) in [6.45, 7) is -0.444. The standard InChI is InChI=1S/C16H13BrN2O4/c17-12-5-1-11(2-6-12)16(23)19-13-7-3-10(4-8-13)15(22)18-9-14(20)21/h1-8H,9H2,(H,18,22)(H,19,23)(H,20,21). The highest BCUT2D eigenvalue weighted by molar-refractivity contribution is 9.10. The highest BCUT2D eigenvalue weighted by atomic mass is 79.9. The highest BCUT2D eigenvalue weighted by Crippen LogP contribution is 2.14. The molecule has 0 aliphatic heterocycles. The van der Waals surface area contributed by atoms with Crippen molar-refractivity contribution in [3.05, 3.63) is 64.1 Å². The fourth-order valence-electron chi connectivity index (χ4n) is 1.77. The van der Waals surface area contributed by atoms with Crippen LogP contribution in [0.4, 0.5) is 5.69 Å². The summed E-state index contributed by atoms with van der Waals surface area (Å²) in [5.74, 6) is -1.87. The first kappa shape index (κ1) is 16.7. The van der Waals surface area contributed by atoms with Crippen molar-refractivity contribution >= 4 is 39.4 Å². The van der Waals surface area contributed by atoms with Crippen molar-refractivity contribution in [2.24, 2.45) is 0 Å². The van der Waals surface area contributed by atoms with Crippen LogP contribution >= 0.6 is 15.9 Å². The van der Waals surface area contributed by atoms with Gasteiger partial charge in [-0.2, -0.15) is 0 Å². The molecule has 118 valence electrons. The largest absolute Gasteiger partial charge is 0.480 e. The zero-order valence-corrected chi connectivity index (χ0v) is 13.5. The van der Waals surface area contributed by atoms with E-state index in [1.54, 1.807) is 36.4 Å². The van der Waals surface area contributed by atoms with E-state index in [2.05, 4.69) is 26.6 Å². The molecule has 0 saturated carbocycles. The average molecular weight is 377 g/mol. The van der Waals surface area contributed by atoms with E-state index in [0.717, 1.165) is 4.47 Å². The second kappa shape index (κ2) is 7.55. The summed E-state index contributed by atoms with van der Waals surface area (Å²) in [5.41, 5.74) is 1.36. The third-order valence-corrected chi connectivity index (χ3v) is 3.44. The molecule has 0 aliphatic carbocycles. The minimum absolute atomic E-state index is 0.263. The molecule has 6 nitrogen and oxygen atoms in total. The maximum Gasteiger partial charge on any atom is 0.322 e. The lowest BCUT2D eigenvalue weighted by Gasteiger charge is -2.07. The van der Waals surface area contributed by atoms with E-state index in [1.165, 1.54) is 12.1 Å². The monoisotopic (exact) mass is 376 g/mol. The Labute approximate surface area is 140 Å². The Balaban J connectivity index is 1.99. The van der Waals surface area contributed by atoms with E-state index in [1.807, 2.05) is 0 Å². The molecular formula is C16H13BrN2O4. The minimum Gasteiger partial charge on any atom is -0.480 e. The summed E-state index contributed by atoms with van der Waals surface area (Å²) in [6, 6.07) is 13.1. The first-order valence-electron chi connectivity index (χ1n) is 6.62. The summed E-state index contributed by atoms with van der Waals surface area (Å²) in [7, 11) is 0. The van der Waals surface area contributed by atoms with Crippen LogP contribution in [0.5, 0.6) is 0 Å². The molecule has 0 atom stereocenters. The third kappa shape index (κ3) is 4.93. The molecule has 0 aromatic heterocycles. The predicted octanol–water partition coefficient (Wildman–Crippen LogP) is 2.52. The molecule has 2 aromatic carbocycles. The van der Waals surface area contributed by atoms with Gasteiger partial charge < -0.3 is 15.7 Å². The van der Waals surface area contributed by atoms with Gasteiger partial charge in [-0.05, 0) is 48.5 Å². The number of hydrogen-bond donors (Lipinski definition) is 3. The average Bonchev–Trinajstić information content (AvgIpc) is 2.54. The number of anilines is 1. The summed E-state index contributed by atoms with van der Waals surface area (Å²) >= 11 is 3.30. The van der Waals surface area contributed by atoms with Gasteiger partial charge in [0.15, 0.2) is 0 Å². The van der Waals surface area contributed by atoms with Crippen LogP contribution < -0.4 is 10.6 Å². The van der Waals surface area contributed by atoms with Crippen LogP contribution in [0.3, 0.4) is 0 Å². The first-order valence-corrected chi connectivity index (χ1v) is 7.42. The maximum atomic E-state index is 12.1. The quantitative estimate of drug-likeness (QED) is 0.746. The Bertz CT molecular complexity index is 727. The van der Waals surface area contributed by atoms with Gasteiger partial charge in [-0.1, -0.05) is 15.9 Å². The van der Waals surface area contributed by atoms with E-state index in [-0.39, 0.29) is 5.91 Å².